The van der Waals surface area contributed by atoms with Crippen molar-refractivity contribution in [3.63, 3.8) is 0 Å². The number of primary amides is 1. The Labute approximate surface area is 112 Å². The lowest BCUT2D eigenvalue weighted by molar-refractivity contribution is -0.140. The van der Waals surface area contributed by atoms with Crippen molar-refractivity contribution < 1.29 is 14.3 Å². The van der Waals surface area contributed by atoms with Crippen LogP contribution in [0.3, 0.4) is 0 Å². The molecule has 0 aliphatic carbocycles. The molecule has 1 aromatic rings. The number of nitrogens with two attached hydrogens (primary N) is 1. The molecule has 0 radical (unpaired) electrons. The minimum Gasteiger partial charge on any atom is -0.469 e. The van der Waals surface area contributed by atoms with Gasteiger partial charge in [0.15, 0.2) is 0 Å². The second-order valence-electron chi connectivity index (χ2n) is 3.52. The monoisotopic (exact) mass is 271 g/mol. The zero-order chi connectivity index (χ0) is 13.8. The van der Waals surface area contributed by atoms with E-state index in [-0.39, 0.29) is 11.8 Å². The Bertz CT molecular complexity index is 355. The summed E-state index contributed by atoms with van der Waals surface area (Å²) in [5.74, 6) is -0.692. The Balaban J connectivity index is 0.000000494. The van der Waals surface area contributed by atoms with Crippen molar-refractivity contribution in [3.05, 3.63) is 35.9 Å². The Hall–Kier alpha value is -1.55. The van der Waals surface area contributed by atoms with Gasteiger partial charge in [-0.05, 0) is 18.4 Å². The zero-order valence-corrected chi connectivity index (χ0v) is 11.2. The predicted octanol–water partition coefficient (Wildman–Crippen LogP) is 1.89. The van der Waals surface area contributed by atoms with E-state index < -0.39 is 5.91 Å². The second-order valence-corrected chi connectivity index (χ2v) is 3.78. The van der Waals surface area contributed by atoms with Crippen LogP contribution in [0.15, 0.2) is 30.3 Å². The molecule has 1 rings (SSSR count). The molecule has 0 fully saturated rings. The SMILES string of the molecule is COC(=O)CCCc1ccccc1.NC(=O)CCl. The number of ether oxygens (including phenoxy) is 1. The van der Waals surface area contributed by atoms with Crippen LogP contribution in [-0.2, 0) is 20.7 Å². The number of amides is 1. The molecule has 4 nitrogen and oxygen atoms in total. The molecule has 0 unspecified atom stereocenters. The Morgan fingerprint density at radius 3 is 2.28 bits per heavy atom. The highest BCUT2D eigenvalue weighted by atomic mass is 35.5. The number of rotatable bonds is 5. The summed E-state index contributed by atoms with van der Waals surface area (Å²) in [6.07, 6.45) is 2.30. The molecule has 5 heteroatoms. The normalized spacial score (nSPS) is 9.00. The first-order valence-corrected chi connectivity index (χ1v) is 6.08. The number of hydrogen-bond donors (Lipinski definition) is 1. The van der Waals surface area contributed by atoms with Gasteiger partial charge in [-0.1, -0.05) is 30.3 Å². The van der Waals surface area contributed by atoms with Gasteiger partial charge >= 0.3 is 5.97 Å². The van der Waals surface area contributed by atoms with Gasteiger partial charge in [0.2, 0.25) is 5.91 Å². The highest BCUT2D eigenvalue weighted by Crippen LogP contribution is 2.04. The summed E-state index contributed by atoms with van der Waals surface area (Å²) in [7, 11) is 1.42. The molecule has 1 aromatic carbocycles. The van der Waals surface area contributed by atoms with Crippen LogP contribution in [0.25, 0.3) is 0 Å². The minimum atomic E-state index is -0.480. The van der Waals surface area contributed by atoms with Crippen LogP contribution in [0, 0.1) is 0 Å². The van der Waals surface area contributed by atoms with Gasteiger partial charge in [0.1, 0.15) is 5.88 Å². The highest BCUT2D eigenvalue weighted by Gasteiger charge is 1.99. The molecule has 0 saturated heterocycles. The topological polar surface area (TPSA) is 69.4 Å². The number of methoxy groups -OCH3 is 1. The van der Waals surface area contributed by atoms with Crippen LogP contribution < -0.4 is 5.73 Å². The van der Waals surface area contributed by atoms with E-state index in [9.17, 15) is 9.59 Å². The fourth-order valence-electron chi connectivity index (χ4n) is 1.18. The van der Waals surface area contributed by atoms with E-state index in [2.05, 4.69) is 22.6 Å². The third-order valence-electron chi connectivity index (χ3n) is 2.05. The van der Waals surface area contributed by atoms with Crippen LogP contribution in [0.5, 0.6) is 0 Å². The maximum absolute atomic E-state index is 10.8. The van der Waals surface area contributed by atoms with Crippen molar-refractivity contribution in [1.82, 2.24) is 0 Å². The van der Waals surface area contributed by atoms with Crippen LogP contribution >= 0.6 is 11.6 Å². The second kappa shape index (κ2) is 10.6. The summed E-state index contributed by atoms with van der Waals surface area (Å²) in [4.78, 5) is 20.2. The number of carbonyl (C=O) groups is 2. The summed E-state index contributed by atoms with van der Waals surface area (Å²) in [6.45, 7) is 0. The van der Waals surface area contributed by atoms with Gasteiger partial charge < -0.3 is 10.5 Å². The van der Waals surface area contributed by atoms with Gasteiger partial charge in [0.05, 0.1) is 7.11 Å². The van der Waals surface area contributed by atoms with Gasteiger partial charge in [-0.15, -0.1) is 11.6 Å². The van der Waals surface area contributed by atoms with Crippen LogP contribution in [-0.4, -0.2) is 24.9 Å². The largest absolute Gasteiger partial charge is 0.469 e. The Morgan fingerprint density at radius 2 is 1.83 bits per heavy atom. The van der Waals surface area contributed by atoms with Crippen molar-refractivity contribution in [3.8, 4) is 0 Å². The number of benzene rings is 1. The number of halogens is 1. The summed E-state index contributed by atoms with van der Waals surface area (Å²) in [5, 5.41) is 0. The number of carbonyl (C=O) groups excluding carboxylic acids is 2. The zero-order valence-electron chi connectivity index (χ0n) is 10.4. The van der Waals surface area contributed by atoms with Gasteiger partial charge in [0.25, 0.3) is 0 Å². The molecule has 0 aliphatic rings. The standard InChI is InChI=1S/C11H14O2.C2H4ClNO/c1-13-11(12)9-5-8-10-6-3-2-4-7-10;3-1-2(4)5/h2-4,6-7H,5,8-9H2,1H3;1H2,(H2,4,5). The molecule has 2 N–H and O–H groups in total. The first kappa shape index (κ1) is 16.4. The molecule has 0 aliphatic heterocycles. The molecule has 0 aromatic heterocycles. The summed E-state index contributed by atoms with van der Waals surface area (Å²) < 4.78 is 4.55. The third kappa shape index (κ3) is 9.66. The molecule has 0 bridgehead atoms. The molecule has 0 atom stereocenters. The van der Waals surface area contributed by atoms with Crippen molar-refractivity contribution in [1.29, 1.82) is 0 Å². The van der Waals surface area contributed by atoms with E-state index in [1.807, 2.05) is 18.2 Å². The molecule has 0 heterocycles. The maximum Gasteiger partial charge on any atom is 0.305 e. The van der Waals surface area contributed by atoms with Gasteiger partial charge in [-0.25, -0.2) is 0 Å². The molecule has 0 saturated carbocycles. The van der Waals surface area contributed by atoms with Crippen molar-refractivity contribution in [2.75, 3.05) is 13.0 Å². The Kier molecular flexibility index (Phi) is 9.68. The van der Waals surface area contributed by atoms with Crippen molar-refractivity contribution >= 4 is 23.5 Å². The first-order chi connectivity index (χ1) is 8.60. The predicted molar refractivity (Wildman–Crippen MR) is 71.3 cm³/mol. The highest BCUT2D eigenvalue weighted by molar-refractivity contribution is 6.27. The van der Waals surface area contributed by atoms with Gasteiger partial charge in [-0.3, -0.25) is 9.59 Å². The third-order valence-corrected chi connectivity index (χ3v) is 2.31. The molecule has 1 amide bonds. The number of aryl methyl sites for hydroxylation is 1. The first-order valence-electron chi connectivity index (χ1n) is 5.55. The fraction of sp³-hybridized carbons (Fsp3) is 0.385. The van der Waals surface area contributed by atoms with E-state index >= 15 is 0 Å². The van der Waals surface area contributed by atoms with Crippen molar-refractivity contribution in [2.45, 2.75) is 19.3 Å². The fourth-order valence-corrected chi connectivity index (χ4v) is 1.18. The number of esters is 1. The van der Waals surface area contributed by atoms with Gasteiger partial charge in [-0.2, -0.15) is 0 Å². The van der Waals surface area contributed by atoms with Crippen LogP contribution in [0.4, 0.5) is 0 Å². The lowest BCUT2D eigenvalue weighted by Crippen LogP contribution is -2.10. The summed E-state index contributed by atoms with van der Waals surface area (Å²) >= 11 is 4.86. The molecular formula is C13H18ClNO3. The Morgan fingerprint density at radius 1 is 1.28 bits per heavy atom. The molecular weight excluding hydrogens is 254 g/mol. The molecule has 18 heavy (non-hydrogen) atoms. The van der Waals surface area contributed by atoms with E-state index in [4.69, 9.17) is 11.6 Å². The smallest absolute Gasteiger partial charge is 0.305 e. The van der Waals surface area contributed by atoms with E-state index in [0.717, 1.165) is 12.8 Å². The lowest BCUT2D eigenvalue weighted by atomic mass is 10.1. The van der Waals surface area contributed by atoms with Crippen molar-refractivity contribution in [2.24, 2.45) is 5.73 Å². The number of hydrogen-bond acceptors (Lipinski definition) is 3. The van der Waals surface area contributed by atoms with E-state index in [0.29, 0.717) is 6.42 Å². The summed E-state index contributed by atoms with van der Waals surface area (Å²) in [6, 6.07) is 10.1. The van der Waals surface area contributed by atoms with Gasteiger partial charge in [0, 0.05) is 6.42 Å². The lowest BCUT2D eigenvalue weighted by Gasteiger charge is -1.99. The minimum absolute atomic E-state index is 0.0833. The van der Waals surface area contributed by atoms with Crippen LogP contribution in [0.1, 0.15) is 18.4 Å². The van der Waals surface area contributed by atoms with Crippen LogP contribution in [0.2, 0.25) is 0 Å². The van der Waals surface area contributed by atoms with E-state index in [1.165, 1.54) is 12.7 Å². The average Bonchev–Trinajstić information content (AvgIpc) is 2.40. The molecule has 100 valence electrons. The number of alkyl halides is 1. The maximum atomic E-state index is 10.8. The molecule has 0 spiro atoms. The quantitative estimate of drug-likeness (QED) is 0.657. The van der Waals surface area contributed by atoms with E-state index in [1.54, 1.807) is 0 Å². The average molecular weight is 272 g/mol. The summed E-state index contributed by atoms with van der Waals surface area (Å²) in [5.41, 5.74) is 5.79.